The lowest BCUT2D eigenvalue weighted by Crippen LogP contribution is -2.34. The van der Waals surface area contributed by atoms with Crippen LogP contribution in [0.15, 0.2) is 35.3 Å². The second kappa shape index (κ2) is 14.1. The van der Waals surface area contributed by atoms with Crippen LogP contribution in [0.25, 0.3) is 10.9 Å². The lowest BCUT2D eigenvalue weighted by molar-refractivity contribution is -0.122. The van der Waals surface area contributed by atoms with Gasteiger partial charge in [-0.3, -0.25) is 9.59 Å². The molecule has 1 aromatic carbocycles. The zero-order valence-corrected chi connectivity index (χ0v) is 24.5. The van der Waals surface area contributed by atoms with Crippen molar-refractivity contribution in [2.75, 3.05) is 57.6 Å². The summed E-state index contributed by atoms with van der Waals surface area (Å²) in [5.41, 5.74) is 1.24. The van der Waals surface area contributed by atoms with Crippen molar-refractivity contribution in [3.63, 3.8) is 0 Å². The molecule has 3 heterocycles. The van der Waals surface area contributed by atoms with Crippen molar-refractivity contribution in [3.8, 4) is 5.75 Å². The van der Waals surface area contributed by atoms with E-state index in [1.807, 2.05) is 51.0 Å². The molecule has 2 aromatic heterocycles. The molecule has 39 heavy (non-hydrogen) atoms. The number of pyridine rings is 1. The maximum Gasteiger partial charge on any atom is 0.293 e. The number of nitrogens with one attached hydrogen (secondary N) is 2. The maximum absolute atomic E-state index is 13.2. The molecule has 11 heteroatoms. The second-order valence-electron chi connectivity index (χ2n) is 9.67. The number of carbonyl (C=O) groups excluding carboxylic acids is 1. The lowest BCUT2D eigenvalue weighted by atomic mass is 10.00. The number of piperidine rings is 1. The first-order valence-corrected chi connectivity index (χ1v) is 13.8. The van der Waals surface area contributed by atoms with Crippen LogP contribution < -0.4 is 25.8 Å². The zero-order chi connectivity index (χ0) is 28.5. The maximum atomic E-state index is 13.2. The number of nitrogens with zero attached hydrogens (tertiary/aromatic N) is 5. The van der Waals surface area contributed by atoms with Crippen LogP contribution >= 0.6 is 11.6 Å². The molecule has 212 valence electrons. The number of rotatable bonds is 9. The van der Waals surface area contributed by atoms with E-state index in [1.54, 1.807) is 16.8 Å². The first-order chi connectivity index (χ1) is 18.7. The second-order valence-corrected chi connectivity index (χ2v) is 10.1. The van der Waals surface area contributed by atoms with Crippen molar-refractivity contribution >= 4 is 45.9 Å². The molecule has 0 saturated carbocycles. The van der Waals surface area contributed by atoms with E-state index in [4.69, 9.17) is 21.3 Å². The van der Waals surface area contributed by atoms with Crippen LogP contribution in [0.4, 0.5) is 17.5 Å². The molecule has 1 aliphatic heterocycles. The van der Waals surface area contributed by atoms with E-state index >= 15 is 0 Å². The van der Waals surface area contributed by atoms with E-state index in [2.05, 4.69) is 27.4 Å². The highest BCUT2D eigenvalue weighted by Gasteiger charge is 2.19. The number of benzene rings is 1. The van der Waals surface area contributed by atoms with Crippen molar-refractivity contribution < 1.29 is 9.53 Å². The molecule has 0 bridgehead atoms. The van der Waals surface area contributed by atoms with Crippen molar-refractivity contribution in [1.29, 1.82) is 0 Å². The van der Waals surface area contributed by atoms with Gasteiger partial charge in [-0.05, 0) is 57.1 Å². The highest BCUT2D eigenvalue weighted by atomic mass is 35.5. The van der Waals surface area contributed by atoms with Gasteiger partial charge < -0.3 is 29.7 Å². The van der Waals surface area contributed by atoms with Gasteiger partial charge in [0.1, 0.15) is 5.02 Å². The molecule has 1 aliphatic rings. The molecule has 3 aromatic rings. The molecule has 0 spiro atoms. The Morgan fingerprint density at radius 3 is 2.59 bits per heavy atom. The largest absolute Gasteiger partial charge is 0.478 e. The summed E-state index contributed by atoms with van der Waals surface area (Å²) in [5.74, 6) is 1.68. The molecule has 0 unspecified atom stereocenters. The number of likely N-dealkylation sites (N-methyl/N-ethyl adjacent to an activating group) is 2. The summed E-state index contributed by atoms with van der Waals surface area (Å²) < 4.78 is 7.26. The SMILES string of the molecule is CC.CNC(=O)COc1cc2cc(Nc3nc(N4CCC(C)CC4)ncc3Cl)ccc2n(CCN(C)C)c1=O. The van der Waals surface area contributed by atoms with Gasteiger partial charge in [-0.15, -0.1) is 0 Å². The molecule has 0 aliphatic carbocycles. The Kier molecular flexibility index (Phi) is 10.9. The molecule has 4 rings (SSSR count). The topological polar surface area (TPSA) is 105 Å². The van der Waals surface area contributed by atoms with E-state index < -0.39 is 0 Å². The Labute approximate surface area is 235 Å². The minimum atomic E-state index is -0.313. The van der Waals surface area contributed by atoms with Crippen LogP contribution in [0.2, 0.25) is 5.02 Å². The third-order valence-electron chi connectivity index (χ3n) is 6.53. The number of anilines is 3. The number of halogens is 1. The molecule has 1 saturated heterocycles. The number of carbonyl (C=O) groups is 1. The molecule has 2 N–H and O–H groups in total. The lowest BCUT2D eigenvalue weighted by Gasteiger charge is -2.30. The summed E-state index contributed by atoms with van der Waals surface area (Å²) in [4.78, 5) is 38.2. The third kappa shape index (κ3) is 7.83. The first kappa shape index (κ1) is 30.2. The predicted molar refractivity (Wildman–Crippen MR) is 159 cm³/mol. The van der Waals surface area contributed by atoms with Crippen LogP contribution in [0.1, 0.15) is 33.6 Å². The van der Waals surface area contributed by atoms with Crippen LogP contribution in [0.5, 0.6) is 5.75 Å². The minimum Gasteiger partial charge on any atom is -0.478 e. The van der Waals surface area contributed by atoms with Gasteiger partial charge in [0.05, 0.1) is 11.7 Å². The van der Waals surface area contributed by atoms with Gasteiger partial charge in [-0.2, -0.15) is 4.98 Å². The van der Waals surface area contributed by atoms with Gasteiger partial charge in [0.2, 0.25) is 5.95 Å². The normalized spacial score (nSPS) is 13.7. The molecule has 10 nitrogen and oxygen atoms in total. The minimum absolute atomic E-state index is 0.119. The third-order valence-corrected chi connectivity index (χ3v) is 6.81. The van der Waals surface area contributed by atoms with Crippen molar-refractivity contribution in [3.05, 3.63) is 45.8 Å². The van der Waals surface area contributed by atoms with E-state index in [0.717, 1.165) is 42.5 Å². The number of hydrogen-bond donors (Lipinski definition) is 2. The summed E-state index contributed by atoms with van der Waals surface area (Å²) in [6.45, 7) is 9.01. The first-order valence-electron chi connectivity index (χ1n) is 13.5. The van der Waals surface area contributed by atoms with Crippen molar-refractivity contribution in [1.82, 2.24) is 24.8 Å². The highest BCUT2D eigenvalue weighted by molar-refractivity contribution is 6.32. The van der Waals surface area contributed by atoms with Crippen LogP contribution in [0, 0.1) is 5.92 Å². The fourth-order valence-electron chi connectivity index (χ4n) is 4.22. The summed E-state index contributed by atoms with van der Waals surface area (Å²) in [7, 11) is 5.42. The van der Waals surface area contributed by atoms with Gasteiger partial charge in [0.15, 0.2) is 18.2 Å². The summed E-state index contributed by atoms with van der Waals surface area (Å²) in [6, 6.07) is 7.35. The van der Waals surface area contributed by atoms with E-state index in [0.29, 0.717) is 35.8 Å². The Balaban J connectivity index is 0.00000205. The van der Waals surface area contributed by atoms with Gasteiger partial charge >= 0.3 is 0 Å². The van der Waals surface area contributed by atoms with Crippen LogP contribution in [-0.4, -0.2) is 72.7 Å². The summed E-state index contributed by atoms with van der Waals surface area (Å²) >= 11 is 6.44. The van der Waals surface area contributed by atoms with Crippen LogP contribution in [0.3, 0.4) is 0 Å². The van der Waals surface area contributed by atoms with Crippen molar-refractivity contribution in [2.24, 2.45) is 5.92 Å². The van der Waals surface area contributed by atoms with E-state index in [-0.39, 0.29) is 23.8 Å². The fourth-order valence-corrected chi connectivity index (χ4v) is 4.36. The van der Waals surface area contributed by atoms with E-state index in [9.17, 15) is 9.59 Å². The molecule has 0 atom stereocenters. The molecular weight excluding hydrogens is 518 g/mol. The Hall–Kier alpha value is -3.37. The quantitative estimate of drug-likeness (QED) is 0.404. The number of hydrogen-bond acceptors (Lipinski definition) is 8. The monoisotopic (exact) mass is 557 g/mol. The molecule has 1 amide bonds. The zero-order valence-electron chi connectivity index (χ0n) is 23.8. The smallest absolute Gasteiger partial charge is 0.293 e. The molecular formula is C28H40ClN7O3. The standard InChI is InChI=1S/C26H34ClN7O3.C2H6/c1-17-7-9-33(10-8-17)26-29-15-20(27)24(31-26)30-19-5-6-21-18(13-19)14-22(37-16-23(35)28-2)25(36)34(21)12-11-32(3)4;1-2/h5-6,13-15,17H,7-12,16H2,1-4H3,(H,28,35)(H,29,30,31);1-2H3. The van der Waals surface area contributed by atoms with Gasteiger partial charge in [-0.1, -0.05) is 32.4 Å². The average molecular weight is 558 g/mol. The number of amides is 1. The summed E-state index contributed by atoms with van der Waals surface area (Å²) in [5, 5.41) is 7.01. The number of ether oxygens (including phenoxy) is 1. The van der Waals surface area contributed by atoms with Crippen molar-refractivity contribution in [2.45, 2.75) is 40.2 Å². The van der Waals surface area contributed by atoms with Gasteiger partial charge in [0.25, 0.3) is 11.5 Å². The summed E-state index contributed by atoms with van der Waals surface area (Å²) in [6.07, 6.45) is 3.84. The molecule has 0 radical (unpaired) electrons. The Bertz CT molecular complexity index is 1320. The van der Waals surface area contributed by atoms with Gasteiger partial charge in [-0.25, -0.2) is 4.98 Å². The number of fused-ring (bicyclic) bond motifs is 1. The predicted octanol–water partition coefficient (Wildman–Crippen LogP) is 4.14. The highest BCUT2D eigenvalue weighted by Crippen LogP contribution is 2.29. The van der Waals surface area contributed by atoms with Gasteiger partial charge in [0, 0.05) is 44.3 Å². The van der Waals surface area contributed by atoms with E-state index in [1.165, 1.54) is 7.05 Å². The number of aromatic nitrogens is 3. The molecule has 1 fully saturated rings. The Morgan fingerprint density at radius 1 is 1.21 bits per heavy atom. The Morgan fingerprint density at radius 2 is 1.92 bits per heavy atom. The average Bonchev–Trinajstić information content (AvgIpc) is 2.94. The fraction of sp³-hybridized carbons (Fsp3) is 0.500. The van der Waals surface area contributed by atoms with Crippen LogP contribution in [-0.2, 0) is 11.3 Å².